The molecule has 1 aromatic carbocycles. The van der Waals surface area contributed by atoms with Crippen molar-refractivity contribution in [2.45, 2.75) is 19.9 Å². The number of nitro benzene ring substituents is 1. The molecular formula is C12H17N3O4. The van der Waals surface area contributed by atoms with E-state index in [1.165, 1.54) is 6.07 Å². The maximum absolute atomic E-state index is 11.0. The lowest BCUT2D eigenvalue weighted by Gasteiger charge is -2.15. The molecule has 0 heterocycles. The molecular weight excluding hydrogens is 250 g/mol. The molecule has 104 valence electrons. The molecule has 0 saturated heterocycles. The number of ether oxygens (including phenoxy) is 1. The Kier molecular flexibility index (Phi) is 4.82. The maximum atomic E-state index is 11.0. The number of amides is 1. The van der Waals surface area contributed by atoms with Gasteiger partial charge in [0.15, 0.2) is 0 Å². The summed E-state index contributed by atoms with van der Waals surface area (Å²) in [6, 6.07) is 2.43. The van der Waals surface area contributed by atoms with Gasteiger partial charge in [-0.05, 0) is 32.5 Å². The molecule has 0 fully saturated rings. The largest absolute Gasteiger partial charge is 0.491 e. The van der Waals surface area contributed by atoms with Crippen molar-refractivity contribution in [1.82, 2.24) is 5.32 Å². The number of likely N-dealkylation sites (N-methyl/N-ethyl adjacent to an activating group) is 1. The Morgan fingerprint density at radius 1 is 1.47 bits per heavy atom. The Bertz CT molecular complexity index is 502. The lowest BCUT2D eigenvalue weighted by Crippen LogP contribution is -2.43. The molecule has 3 N–H and O–H groups in total. The molecule has 0 aromatic heterocycles. The highest BCUT2D eigenvalue weighted by molar-refractivity contribution is 5.80. The standard InChI is InChI=1S/C12H17N3O4/c1-7-5-11(8(2)4-10(7)15(17)18)19-6-9(14-3)12(13)16/h4-5,9,14H,6H2,1-3H3,(H2,13,16). The van der Waals surface area contributed by atoms with Gasteiger partial charge in [-0.25, -0.2) is 0 Å². The van der Waals surface area contributed by atoms with Crippen LogP contribution in [0.25, 0.3) is 0 Å². The van der Waals surface area contributed by atoms with E-state index >= 15 is 0 Å². The van der Waals surface area contributed by atoms with Crippen LogP contribution >= 0.6 is 0 Å². The quantitative estimate of drug-likeness (QED) is 0.581. The summed E-state index contributed by atoms with van der Waals surface area (Å²) in [5.74, 6) is -0.0108. The number of carbonyl (C=O) groups is 1. The fourth-order valence-corrected chi connectivity index (χ4v) is 1.61. The van der Waals surface area contributed by atoms with Crippen molar-refractivity contribution >= 4 is 11.6 Å². The molecule has 0 bridgehead atoms. The Labute approximate surface area is 110 Å². The van der Waals surface area contributed by atoms with E-state index in [2.05, 4.69) is 5.32 Å². The highest BCUT2D eigenvalue weighted by atomic mass is 16.6. The van der Waals surface area contributed by atoms with Gasteiger partial charge in [0, 0.05) is 11.6 Å². The highest BCUT2D eigenvalue weighted by Gasteiger charge is 2.17. The van der Waals surface area contributed by atoms with Gasteiger partial charge in [-0.15, -0.1) is 0 Å². The van der Waals surface area contributed by atoms with E-state index in [0.29, 0.717) is 16.9 Å². The average Bonchev–Trinajstić information content (AvgIpc) is 2.32. The molecule has 0 radical (unpaired) electrons. The molecule has 0 aliphatic heterocycles. The first-order chi connectivity index (χ1) is 8.86. The van der Waals surface area contributed by atoms with Crippen LogP contribution in [0.15, 0.2) is 12.1 Å². The smallest absolute Gasteiger partial charge is 0.272 e. The van der Waals surface area contributed by atoms with E-state index in [0.717, 1.165) is 0 Å². The summed E-state index contributed by atoms with van der Waals surface area (Å²) in [6.45, 7) is 3.42. The van der Waals surface area contributed by atoms with E-state index < -0.39 is 16.9 Å². The summed E-state index contributed by atoms with van der Waals surface area (Å²) in [7, 11) is 1.60. The summed E-state index contributed by atoms with van der Waals surface area (Å²) in [5, 5.41) is 13.5. The minimum absolute atomic E-state index is 0.0462. The van der Waals surface area contributed by atoms with Crippen molar-refractivity contribution in [3.8, 4) is 5.75 Å². The summed E-state index contributed by atoms with van der Waals surface area (Å²) in [4.78, 5) is 21.4. The zero-order valence-electron chi connectivity index (χ0n) is 11.1. The summed E-state index contributed by atoms with van der Waals surface area (Å²) in [6.07, 6.45) is 0. The number of primary amides is 1. The minimum Gasteiger partial charge on any atom is -0.491 e. The second kappa shape index (κ2) is 6.14. The third-order valence-corrected chi connectivity index (χ3v) is 2.79. The monoisotopic (exact) mass is 267 g/mol. The van der Waals surface area contributed by atoms with E-state index in [4.69, 9.17) is 10.5 Å². The fraction of sp³-hybridized carbons (Fsp3) is 0.417. The molecule has 1 aromatic rings. The SMILES string of the molecule is CNC(COc1cc(C)c([N+](=O)[O-])cc1C)C(N)=O. The molecule has 1 unspecified atom stereocenters. The normalized spacial score (nSPS) is 11.9. The number of nitro groups is 1. The number of nitrogens with two attached hydrogens (primary N) is 1. The molecule has 7 nitrogen and oxygen atoms in total. The zero-order valence-corrected chi connectivity index (χ0v) is 11.1. The first kappa shape index (κ1) is 14.9. The van der Waals surface area contributed by atoms with Gasteiger partial charge in [0.2, 0.25) is 5.91 Å². The number of aryl methyl sites for hydroxylation is 2. The van der Waals surface area contributed by atoms with Crippen LogP contribution in [-0.2, 0) is 4.79 Å². The predicted octanol–water partition coefficient (Wildman–Crippen LogP) is 0.664. The van der Waals surface area contributed by atoms with Gasteiger partial charge in [0.05, 0.1) is 4.92 Å². The van der Waals surface area contributed by atoms with Crippen molar-refractivity contribution in [1.29, 1.82) is 0 Å². The fourth-order valence-electron chi connectivity index (χ4n) is 1.61. The third kappa shape index (κ3) is 3.65. The zero-order chi connectivity index (χ0) is 14.6. The Balaban J connectivity index is 2.88. The van der Waals surface area contributed by atoms with E-state index in [1.54, 1.807) is 27.0 Å². The molecule has 1 amide bonds. The second-order valence-electron chi connectivity index (χ2n) is 4.22. The van der Waals surface area contributed by atoms with Crippen LogP contribution in [0.1, 0.15) is 11.1 Å². The molecule has 19 heavy (non-hydrogen) atoms. The molecule has 7 heteroatoms. The van der Waals surface area contributed by atoms with Gasteiger partial charge >= 0.3 is 0 Å². The number of hydrogen-bond acceptors (Lipinski definition) is 5. The number of benzene rings is 1. The van der Waals surface area contributed by atoms with Crippen molar-refractivity contribution in [2.75, 3.05) is 13.7 Å². The highest BCUT2D eigenvalue weighted by Crippen LogP contribution is 2.27. The Morgan fingerprint density at radius 2 is 2.11 bits per heavy atom. The van der Waals surface area contributed by atoms with Gasteiger partial charge < -0.3 is 15.8 Å². The van der Waals surface area contributed by atoms with Crippen LogP contribution in [0, 0.1) is 24.0 Å². The van der Waals surface area contributed by atoms with Gasteiger partial charge in [0.25, 0.3) is 5.69 Å². The van der Waals surface area contributed by atoms with Crippen molar-refractivity contribution in [2.24, 2.45) is 5.73 Å². The number of nitrogens with one attached hydrogen (secondary N) is 1. The van der Waals surface area contributed by atoms with Crippen molar-refractivity contribution < 1.29 is 14.5 Å². The van der Waals surface area contributed by atoms with Crippen molar-refractivity contribution in [3.63, 3.8) is 0 Å². The minimum atomic E-state index is -0.602. The topological polar surface area (TPSA) is 107 Å². The summed E-state index contributed by atoms with van der Waals surface area (Å²) >= 11 is 0. The van der Waals surface area contributed by atoms with Crippen LogP contribution < -0.4 is 15.8 Å². The van der Waals surface area contributed by atoms with Crippen LogP contribution in [-0.4, -0.2) is 30.5 Å². The van der Waals surface area contributed by atoms with E-state index in [-0.39, 0.29) is 12.3 Å². The lowest BCUT2D eigenvalue weighted by molar-refractivity contribution is -0.385. The van der Waals surface area contributed by atoms with Crippen LogP contribution in [0.2, 0.25) is 0 Å². The molecule has 1 atom stereocenters. The molecule has 0 spiro atoms. The number of hydrogen-bond donors (Lipinski definition) is 2. The molecule has 1 rings (SSSR count). The number of rotatable bonds is 6. The Hall–Kier alpha value is -2.15. The molecule has 0 aliphatic carbocycles. The molecule has 0 aliphatic rings. The van der Waals surface area contributed by atoms with Crippen LogP contribution in [0.3, 0.4) is 0 Å². The van der Waals surface area contributed by atoms with Gasteiger partial charge in [-0.1, -0.05) is 0 Å². The molecule has 0 saturated carbocycles. The lowest BCUT2D eigenvalue weighted by atomic mass is 10.1. The van der Waals surface area contributed by atoms with Gasteiger partial charge in [0.1, 0.15) is 18.4 Å². The number of carbonyl (C=O) groups excluding carboxylic acids is 1. The third-order valence-electron chi connectivity index (χ3n) is 2.79. The predicted molar refractivity (Wildman–Crippen MR) is 70.1 cm³/mol. The van der Waals surface area contributed by atoms with Crippen LogP contribution in [0.4, 0.5) is 5.69 Å². The average molecular weight is 267 g/mol. The summed E-state index contributed by atoms with van der Waals surface area (Å²) in [5.41, 5.74) is 6.36. The van der Waals surface area contributed by atoms with Crippen LogP contribution in [0.5, 0.6) is 5.75 Å². The number of nitrogens with zero attached hydrogens (tertiary/aromatic N) is 1. The summed E-state index contributed by atoms with van der Waals surface area (Å²) < 4.78 is 5.48. The second-order valence-corrected chi connectivity index (χ2v) is 4.22. The van der Waals surface area contributed by atoms with Gasteiger partial charge in [-0.2, -0.15) is 0 Å². The van der Waals surface area contributed by atoms with Crippen molar-refractivity contribution in [3.05, 3.63) is 33.4 Å². The van der Waals surface area contributed by atoms with E-state index in [9.17, 15) is 14.9 Å². The first-order valence-corrected chi connectivity index (χ1v) is 5.71. The maximum Gasteiger partial charge on any atom is 0.272 e. The Morgan fingerprint density at radius 3 is 2.58 bits per heavy atom. The van der Waals surface area contributed by atoms with Gasteiger partial charge in [-0.3, -0.25) is 14.9 Å². The van der Waals surface area contributed by atoms with E-state index in [1.807, 2.05) is 0 Å². The first-order valence-electron chi connectivity index (χ1n) is 5.71.